The Labute approximate surface area is 226 Å². The van der Waals surface area contributed by atoms with Crippen molar-refractivity contribution in [2.45, 2.75) is 61.7 Å². The Morgan fingerprint density at radius 2 is 1.95 bits per heavy atom. The summed E-state index contributed by atoms with van der Waals surface area (Å²) < 4.78 is 42.2. The first-order valence-corrected chi connectivity index (χ1v) is 14.8. The van der Waals surface area contributed by atoms with Crippen molar-refractivity contribution in [3.8, 4) is 10.6 Å². The van der Waals surface area contributed by atoms with Gasteiger partial charge in [-0.05, 0) is 73.4 Å². The maximum atomic E-state index is 14.1. The van der Waals surface area contributed by atoms with Crippen LogP contribution in [0.15, 0.2) is 29.3 Å². The molecule has 3 aromatic rings. The standard InChI is InChI=1S/C27H26F3N5OS2/c28-27(29,30)19-13-32-26(33-20-10-15-5-6-31-12-16(15)9-18(20)14-1-2-14)34-23(19)21-11-22-24(38-21)25(36)35(7-8-37-22)17-3-4-17/h9-11,13-14,17,31H,1-8,12H2,(H,32,33,34). The molecule has 1 amide bonds. The van der Waals surface area contributed by atoms with Crippen molar-refractivity contribution in [3.05, 3.63) is 51.5 Å². The van der Waals surface area contributed by atoms with E-state index in [1.165, 1.54) is 28.5 Å². The largest absolute Gasteiger partial charge is 0.420 e. The van der Waals surface area contributed by atoms with Gasteiger partial charge in [-0.25, -0.2) is 9.97 Å². The van der Waals surface area contributed by atoms with Gasteiger partial charge in [0.15, 0.2) is 0 Å². The SMILES string of the molecule is O=C1c2sc(-c3nc(Nc4cc5c(cc4C4CC4)CNCC5)ncc3C(F)(F)F)cc2SCCN1C1CC1. The average molecular weight is 558 g/mol. The number of nitrogens with one attached hydrogen (secondary N) is 2. The summed E-state index contributed by atoms with van der Waals surface area (Å²) in [5.74, 6) is 1.23. The molecule has 0 saturated heterocycles. The molecule has 2 saturated carbocycles. The molecule has 0 atom stereocenters. The van der Waals surface area contributed by atoms with Crippen LogP contribution in [0.25, 0.3) is 10.6 Å². The molecule has 4 heterocycles. The number of alkyl halides is 3. The molecule has 7 rings (SSSR count). The van der Waals surface area contributed by atoms with Crippen LogP contribution in [0, 0.1) is 0 Å². The number of thiophene rings is 1. The monoisotopic (exact) mass is 557 g/mol. The first kappa shape index (κ1) is 24.4. The molecule has 4 aliphatic rings. The average Bonchev–Trinajstić information content (AvgIpc) is 3.82. The van der Waals surface area contributed by atoms with Crippen LogP contribution in [0.5, 0.6) is 0 Å². The fraction of sp³-hybridized carbons (Fsp3) is 0.444. The van der Waals surface area contributed by atoms with E-state index in [9.17, 15) is 18.0 Å². The van der Waals surface area contributed by atoms with Crippen LogP contribution >= 0.6 is 23.1 Å². The van der Waals surface area contributed by atoms with Crippen LogP contribution in [0.1, 0.15) is 63.5 Å². The Hall–Kier alpha value is -2.63. The van der Waals surface area contributed by atoms with E-state index >= 15 is 0 Å². The predicted molar refractivity (Wildman–Crippen MR) is 142 cm³/mol. The van der Waals surface area contributed by atoms with Crippen LogP contribution in [0.4, 0.5) is 24.8 Å². The van der Waals surface area contributed by atoms with Crippen LogP contribution in [0.2, 0.25) is 0 Å². The highest BCUT2D eigenvalue weighted by molar-refractivity contribution is 7.99. The fourth-order valence-corrected chi connectivity index (χ4v) is 7.63. The summed E-state index contributed by atoms with van der Waals surface area (Å²) in [5.41, 5.74) is 3.47. The number of anilines is 2. The summed E-state index contributed by atoms with van der Waals surface area (Å²) in [7, 11) is 0. The van der Waals surface area contributed by atoms with Crippen molar-refractivity contribution in [1.82, 2.24) is 20.2 Å². The third-order valence-electron chi connectivity index (χ3n) is 7.58. The predicted octanol–water partition coefficient (Wildman–Crippen LogP) is 6.20. The smallest absolute Gasteiger partial charge is 0.334 e. The Morgan fingerprint density at radius 1 is 1.11 bits per heavy atom. The van der Waals surface area contributed by atoms with Gasteiger partial charge in [-0.3, -0.25) is 4.79 Å². The van der Waals surface area contributed by atoms with Gasteiger partial charge in [-0.2, -0.15) is 13.2 Å². The van der Waals surface area contributed by atoms with Crippen molar-refractivity contribution in [1.29, 1.82) is 0 Å². The Balaban J connectivity index is 1.27. The van der Waals surface area contributed by atoms with Crippen LogP contribution in [-0.4, -0.2) is 45.7 Å². The number of thioether (sulfide) groups is 1. The molecule has 198 valence electrons. The van der Waals surface area contributed by atoms with Gasteiger partial charge in [0.25, 0.3) is 5.91 Å². The number of hydrogen-bond acceptors (Lipinski definition) is 7. The molecule has 0 spiro atoms. The van der Waals surface area contributed by atoms with Gasteiger partial charge in [-0.15, -0.1) is 23.1 Å². The van der Waals surface area contributed by atoms with E-state index in [-0.39, 0.29) is 23.6 Å². The van der Waals surface area contributed by atoms with E-state index in [0.717, 1.165) is 79.1 Å². The van der Waals surface area contributed by atoms with Gasteiger partial charge in [0, 0.05) is 41.7 Å². The molecule has 2 N–H and O–H groups in total. The van der Waals surface area contributed by atoms with Crippen molar-refractivity contribution >= 4 is 40.6 Å². The molecule has 6 nitrogen and oxygen atoms in total. The number of carbonyl (C=O) groups excluding carboxylic acids is 1. The molecular formula is C27H26F3N5OS2. The third-order valence-corrected chi connectivity index (χ3v) is 9.86. The van der Waals surface area contributed by atoms with Crippen molar-refractivity contribution in [2.75, 3.05) is 24.2 Å². The number of fused-ring (bicyclic) bond motifs is 2. The molecule has 2 aliphatic heterocycles. The maximum absolute atomic E-state index is 14.1. The van der Waals surface area contributed by atoms with E-state index in [1.54, 1.807) is 6.07 Å². The van der Waals surface area contributed by atoms with E-state index in [2.05, 4.69) is 32.7 Å². The molecule has 11 heteroatoms. The summed E-state index contributed by atoms with van der Waals surface area (Å²) in [4.78, 5) is 25.2. The second kappa shape index (κ2) is 9.24. The molecule has 2 fully saturated rings. The minimum atomic E-state index is -4.62. The lowest BCUT2D eigenvalue weighted by molar-refractivity contribution is -0.137. The molecular weight excluding hydrogens is 531 g/mol. The first-order valence-electron chi connectivity index (χ1n) is 13.0. The van der Waals surface area contributed by atoms with E-state index in [4.69, 9.17) is 0 Å². The molecule has 0 radical (unpaired) electrons. The zero-order valence-corrected chi connectivity index (χ0v) is 22.2. The van der Waals surface area contributed by atoms with Gasteiger partial charge in [0.05, 0.1) is 10.6 Å². The highest BCUT2D eigenvalue weighted by Gasteiger charge is 2.39. The second-order valence-corrected chi connectivity index (χ2v) is 12.6. The van der Waals surface area contributed by atoms with Gasteiger partial charge in [0.2, 0.25) is 5.95 Å². The quantitative estimate of drug-likeness (QED) is 0.389. The molecule has 38 heavy (non-hydrogen) atoms. The van der Waals surface area contributed by atoms with Gasteiger partial charge in [0.1, 0.15) is 10.4 Å². The Kier molecular flexibility index (Phi) is 5.93. The van der Waals surface area contributed by atoms with E-state index < -0.39 is 11.7 Å². The normalized spacial score (nSPS) is 19.7. The highest BCUT2D eigenvalue weighted by Crippen LogP contribution is 2.47. The lowest BCUT2D eigenvalue weighted by Crippen LogP contribution is -2.33. The van der Waals surface area contributed by atoms with Crippen molar-refractivity contribution in [2.24, 2.45) is 0 Å². The zero-order chi connectivity index (χ0) is 26.0. The highest BCUT2D eigenvalue weighted by atomic mass is 32.2. The van der Waals surface area contributed by atoms with Gasteiger partial charge in [-0.1, -0.05) is 6.07 Å². The molecule has 0 unspecified atom stereocenters. The van der Waals surface area contributed by atoms with E-state index in [0.29, 0.717) is 22.2 Å². The number of rotatable bonds is 5. The summed E-state index contributed by atoms with van der Waals surface area (Å²) in [6, 6.07) is 6.28. The molecule has 1 aromatic carbocycles. The topological polar surface area (TPSA) is 70.1 Å². The van der Waals surface area contributed by atoms with Crippen LogP contribution in [0.3, 0.4) is 0 Å². The van der Waals surface area contributed by atoms with Gasteiger partial charge >= 0.3 is 6.18 Å². The fourth-order valence-electron chi connectivity index (χ4n) is 5.32. The number of carbonyl (C=O) groups is 1. The summed E-state index contributed by atoms with van der Waals surface area (Å²) in [6.45, 7) is 2.39. The number of halogens is 3. The summed E-state index contributed by atoms with van der Waals surface area (Å²) >= 11 is 2.63. The van der Waals surface area contributed by atoms with Gasteiger partial charge < -0.3 is 15.5 Å². The zero-order valence-electron chi connectivity index (χ0n) is 20.5. The Bertz CT molecular complexity index is 1430. The molecule has 2 aliphatic carbocycles. The number of hydrogen-bond donors (Lipinski definition) is 2. The third kappa shape index (κ3) is 4.58. The minimum absolute atomic E-state index is 0.0812. The molecule has 0 bridgehead atoms. The Morgan fingerprint density at radius 3 is 2.71 bits per heavy atom. The lowest BCUT2D eigenvalue weighted by atomic mass is 9.95. The maximum Gasteiger partial charge on any atom is 0.420 e. The van der Waals surface area contributed by atoms with Crippen molar-refractivity contribution < 1.29 is 18.0 Å². The number of benzene rings is 1. The summed E-state index contributed by atoms with van der Waals surface area (Å²) in [5, 5.41) is 6.66. The van der Waals surface area contributed by atoms with E-state index in [1.807, 2.05) is 4.90 Å². The second-order valence-electron chi connectivity index (χ2n) is 10.4. The van der Waals surface area contributed by atoms with Crippen LogP contribution in [-0.2, 0) is 19.1 Å². The number of amides is 1. The molecule has 2 aromatic heterocycles. The number of nitrogens with zero attached hydrogens (tertiary/aromatic N) is 3. The first-order chi connectivity index (χ1) is 18.3. The number of aromatic nitrogens is 2. The van der Waals surface area contributed by atoms with Crippen molar-refractivity contribution in [3.63, 3.8) is 0 Å². The van der Waals surface area contributed by atoms with Crippen LogP contribution < -0.4 is 10.6 Å². The lowest BCUT2D eigenvalue weighted by Gasteiger charge is -2.21. The summed E-state index contributed by atoms with van der Waals surface area (Å²) in [6.07, 6.45) is 1.33. The minimum Gasteiger partial charge on any atom is -0.334 e.